The Morgan fingerprint density at radius 1 is 1.33 bits per heavy atom. The van der Waals surface area contributed by atoms with Crippen molar-refractivity contribution in [1.29, 1.82) is 0 Å². The van der Waals surface area contributed by atoms with E-state index in [1.165, 1.54) is 5.56 Å². The maximum absolute atomic E-state index is 12.4. The highest BCUT2D eigenvalue weighted by Crippen LogP contribution is 2.27. The first-order valence-electron chi connectivity index (χ1n) is 8.35. The number of anilines is 1. The molecule has 24 heavy (non-hydrogen) atoms. The number of amides is 1. The zero-order chi connectivity index (χ0) is 16.8. The summed E-state index contributed by atoms with van der Waals surface area (Å²) in [6.45, 7) is 1.64. The molecule has 126 valence electrons. The summed E-state index contributed by atoms with van der Waals surface area (Å²) < 4.78 is 5.59. The zero-order valence-corrected chi connectivity index (χ0v) is 13.9. The Bertz CT molecular complexity index is 675. The van der Waals surface area contributed by atoms with Crippen molar-refractivity contribution in [1.82, 2.24) is 9.88 Å². The molecular weight excluding hydrogens is 302 g/mol. The van der Waals surface area contributed by atoms with Crippen LogP contribution in [0.5, 0.6) is 5.75 Å². The molecule has 1 aliphatic rings. The van der Waals surface area contributed by atoms with E-state index in [1.807, 2.05) is 54.5 Å². The second-order valence-corrected chi connectivity index (χ2v) is 6.01. The lowest BCUT2D eigenvalue weighted by Gasteiger charge is -2.33. The molecule has 1 fully saturated rings. The van der Waals surface area contributed by atoms with Gasteiger partial charge in [0, 0.05) is 32.3 Å². The molecule has 1 atom stereocenters. The topological polar surface area (TPSA) is 54.5 Å². The zero-order valence-electron chi connectivity index (χ0n) is 13.9. The maximum Gasteiger partial charge on any atom is 0.260 e. The Hall–Kier alpha value is -2.56. The summed E-state index contributed by atoms with van der Waals surface area (Å²) in [5, 5.41) is 3.07. The Labute approximate surface area is 142 Å². The molecule has 1 aromatic carbocycles. The Morgan fingerprint density at radius 3 is 2.96 bits per heavy atom. The molecule has 0 unspecified atom stereocenters. The largest absolute Gasteiger partial charge is 0.484 e. The van der Waals surface area contributed by atoms with Crippen molar-refractivity contribution in [3.8, 4) is 5.75 Å². The minimum atomic E-state index is 0.0476. The third-order valence-corrected chi connectivity index (χ3v) is 4.39. The molecule has 1 amide bonds. The number of nitrogens with zero attached hydrogens (tertiary/aromatic N) is 2. The number of ether oxygens (including phenoxy) is 1. The van der Waals surface area contributed by atoms with Gasteiger partial charge in [0.15, 0.2) is 6.61 Å². The Balaban J connectivity index is 1.59. The van der Waals surface area contributed by atoms with Gasteiger partial charge in [0.25, 0.3) is 5.91 Å². The van der Waals surface area contributed by atoms with Crippen LogP contribution >= 0.6 is 0 Å². The molecule has 1 aromatic heterocycles. The Kier molecular flexibility index (Phi) is 5.31. The van der Waals surface area contributed by atoms with Crippen LogP contribution in [0.25, 0.3) is 0 Å². The van der Waals surface area contributed by atoms with E-state index in [0.717, 1.165) is 37.5 Å². The monoisotopic (exact) mass is 325 g/mol. The van der Waals surface area contributed by atoms with E-state index in [2.05, 4.69) is 16.4 Å². The van der Waals surface area contributed by atoms with Gasteiger partial charge in [-0.25, -0.2) is 4.98 Å². The first kappa shape index (κ1) is 16.3. The fourth-order valence-corrected chi connectivity index (χ4v) is 3.07. The molecule has 0 radical (unpaired) electrons. The van der Waals surface area contributed by atoms with E-state index in [0.29, 0.717) is 5.92 Å². The predicted octanol–water partition coefficient (Wildman–Crippen LogP) is 2.91. The van der Waals surface area contributed by atoms with Crippen LogP contribution in [0.2, 0.25) is 0 Å². The SMILES string of the molecule is CNc1cc([C@@H]2CCCN(C(=O)COc3ccccc3)C2)ccn1. The second-order valence-electron chi connectivity index (χ2n) is 6.01. The average Bonchev–Trinajstić information content (AvgIpc) is 2.67. The van der Waals surface area contributed by atoms with Crippen molar-refractivity contribution in [2.24, 2.45) is 0 Å². The number of benzene rings is 1. The first-order valence-corrected chi connectivity index (χ1v) is 8.35. The third kappa shape index (κ3) is 4.04. The van der Waals surface area contributed by atoms with E-state index < -0.39 is 0 Å². The molecule has 1 aliphatic heterocycles. The Morgan fingerprint density at radius 2 is 2.17 bits per heavy atom. The summed E-state index contributed by atoms with van der Waals surface area (Å²) in [6, 6.07) is 13.6. The number of likely N-dealkylation sites (tertiary alicyclic amines) is 1. The third-order valence-electron chi connectivity index (χ3n) is 4.39. The summed E-state index contributed by atoms with van der Waals surface area (Å²) in [7, 11) is 1.86. The van der Waals surface area contributed by atoms with Crippen LogP contribution in [-0.2, 0) is 4.79 Å². The summed E-state index contributed by atoms with van der Waals surface area (Å²) in [6.07, 6.45) is 3.93. The fraction of sp³-hybridized carbons (Fsp3) is 0.368. The summed E-state index contributed by atoms with van der Waals surface area (Å²) in [4.78, 5) is 18.6. The van der Waals surface area contributed by atoms with E-state index in [4.69, 9.17) is 4.74 Å². The number of hydrogen-bond acceptors (Lipinski definition) is 4. The minimum Gasteiger partial charge on any atom is -0.484 e. The van der Waals surface area contributed by atoms with Crippen molar-refractivity contribution in [3.05, 3.63) is 54.2 Å². The molecule has 0 aliphatic carbocycles. The average molecular weight is 325 g/mol. The molecule has 1 saturated heterocycles. The number of hydrogen-bond donors (Lipinski definition) is 1. The molecule has 1 N–H and O–H groups in total. The van der Waals surface area contributed by atoms with Crippen LogP contribution in [0.4, 0.5) is 5.82 Å². The van der Waals surface area contributed by atoms with Crippen LogP contribution in [0, 0.1) is 0 Å². The molecule has 2 aromatic rings. The van der Waals surface area contributed by atoms with E-state index in [9.17, 15) is 4.79 Å². The van der Waals surface area contributed by atoms with E-state index >= 15 is 0 Å². The quantitative estimate of drug-likeness (QED) is 0.918. The van der Waals surface area contributed by atoms with E-state index in [1.54, 1.807) is 0 Å². The second kappa shape index (κ2) is 7.81. The van der Waals surface area contributed by atoms with Gasteiger partial charge in [-0.05, 0) is 42.7 Å². The normalized spacial score (nSPS) is 17.4. The van der Waals surface area contributed by atoms with Crippen LogP contribution < -0.4 is 10.1 Å². The smallest absolute Gasteiger partial charge is 0.260 e. The van der Waals surface area contributed by atoms with Crippen molar-refractivity contribution in [2.75, 3.05) is 32.1 Å². The molecule has 5 nitrogen and oxygen atoms in total. The minimum absolute atomic E-state index is 0.0476. The van der Waals surface area contributed by atoms with E-state index in [-0.39, 0.29) is 12.5 Å². The lowest BCUT2D eigenvalue weighted by atomic mass is 9.91. The molecule has 0 bridgehead atoms. The first-order chi connectivity index (χ1) is 11.8. The molecular formula is C19H23N3O2. The molecule has 3 rings (SSSR count). The number of nitrogens with one attached hydrogen (secondary N) is 1. The van der Waals surface area contributed by atoms with Gasteiger partial charge in [0.2, 0.25) is 0 Å². The van der Waals surface area contributed by atoms with Crippen LogP contribution in [0.15, 0.2) is 48.7 Å². The lowest BCUT2D eigenvalue weighted by Crippen LogP contribution is -2.41. The van der Waals surface area contributed by atoms with Crippen molar-refractivity contribution in [2.45, 2.75) is 18.8 Å². The highest BCUT2D eigenvalue weighted by molar-refractivity contribution is 5.78. The van der Waals surface area contributed by atoms with Crippen LogP contribution in [-0.4, -0.2) is 42.5 Å². The molecule has 2 heterocycles. The van der Waals surface area contributed by atoms with Crippen LogP contribution in [0.3, 0.4) is 0 Å². The number of piperidine rings is 1. The predicted molar refractivity (Wildman–Crippen MR) is 94.3 cm³/mol. The van der Waals surface area contributed by atoms with Gasteiger partial charge in [-0.1, -0.05) is 18.2 Å². The highest BCUT2D eigenvalue weighted by Gasteiger charge is 2.25. The van der Waals surface area contributed by atoms with Gasteiger partial charge in [-0.3, -0.25) is 4.79 Å². The van der Waals surface area contributed by atoms with Crippen molar-refractivity contribution in [3.63, 3.8) is 0 Å². The summed E-state index contributed by atoms with van der Waals surface area (Å²) in [5.41, 5.74) is 1.23. The molecule has 0 saturated carbocycles. The molecule has 0 spiro atoms. The van der Waals surface area contributed by atoms with Crippen molar-refractivity contribution >= 4 is 11.7 Å². The van der Waals surface area contributed by atoms with Gasteiger partial charge in [0.1, 0.15) is 11.6 Å². The maximum atomic E-state index is 12.4. The number of pyridine rings is 1. The van der Waals surface area contributed by atoms with Crippen molar-refractivity contribution < 1.29 is 9.53 Å². The van der Waals surface area contributed by atoms with Gasteiger partial charge in [-0.2, -0.15) is 0 Å². The number of rotatable bonds is 5. The lowest BCUT2D eigenvalue weighted by molar-refractivity contribution is -0.134. The summed E-state index contributed by atoms with van der Waals surface area (Å²) >= 11 is 0. The van der Waals surface area contributed by atoms with Gasteiger partial charge in [-0.15, -0.1) is 0 Å². The van der Waals surface area contributed by atoms with Gasteiger partial charge >= 0.3 is 0 Å². The van der Waals surface area contributed by atoms with Gasteiger partial charge in [0.05, 0.1) is 0 Å². The van der Waals surface area contributed by atoms with Crippen LogP contribution in [0.1, 0.15) is 24.3 Å². The molecule has 5 heteroatoms. The van der Waals surface area contributed by atoms with Gasteiger partial charge < -0.3 is 15.0 Å². The highest BCUT2D eigenvalue weighted by atomic mass is 16.5. The fourth-order valence-electron chi connectivity index (χ4n) is 3.07. The number of para-hydroxylation sites is 1. The number of carbonyl (C=O) groups is 1. The number of aromatic nitrogens is 1. The standard InChI is InChI=1S/C19H23N3O2/c1-20-18-12-15(9-10-21-18)16-6-5-11-22(13-16)19(23)14-24-17-7-3-2-4-8-17/h2-4,7-10,12,16H,5-6,11,13-14H2,1H3,(H,20,21)/t16-/m1/s1. The summed E-state index contributed by atoms with van der Waals surface area (Å²) in [5.74, 6) is 2.00. The number of carbonyl (C=O) groups excluding carboxylic acids is 1.